The smallest absolute Gasteiger partial charge is 0.132 e. The van der Waals surface area contributed by atoms with Crippen LogP contribution in [-0.2, 0) is 6.42 Å². The number of alkyl halides is 1. The van der Waals surface area contributed by atoms with E-state index in [2.05, 4.69) is 16.7 Å². The Kier molecular flexibility index (Phi) is 3.18. The summed E-state index contributed by atoms with van der Waals surface area (Å²) in [6.45, 7) is 5.46. The quantitative estimate of drug-likeness (QED) is 0.528. The van der Waals surface area contributed by atoms with Crippen LogP contribution in [0.1, 0.15) is 11.5 Å². The lowest BCUT2D eigenvalue weighted by molar-refractivity contribution is 0.640. The third-order valence-electron chi connectivity index (χ3n) is 3.41. The number of halogens is 2. The van der Waals surface area contributed by atoms with Crippen molar-refractivity contribution in [1.29, 1.82) is 0 Å². The molecule has 5 heteroatoms. The molecule has 0 bridgehead atoms. The molecule has 1 aromatic carbocycles. The number of aliphatic imine (C=N–C) groups is 1. The Morgan fingerprint density at radius 1 is 1.40 bits per heavy atom. The zero-order valence-corrected chi connectivity index (χ0v) is 11.8. The van der Waals surface area contributed by atoms with E-state index in [0.717, 1.165) is 22.6 Å². The first-order chi connectivity index (χ1) is 9.67. The molecule has 0 unspecified atom stereocenters. The third-order valence-corrected chi connectivity index (χ3v) is 3.60. The van der Waals surface area contributed by atoms with E-state index in [1.54, 1.807) is 12.1 Å². The largest absolute Gasteiger partial charge is 0.295 e. The number of aryl methyl sites for hydroxylation is 2. The first-order valence-corrected chi connectivity index (χ1v) is 6.82. The summed E-state index contributed by atoms with van der Waals surface area (Å²) in [5.41, 5.74) is 3.04. The van der Waals surface area contributed by atoms with Crippen LogP contribution in [0.15, 0.2) is 29.3 Å². The number of nitrogens with zero attached hydrogens (tertiary/aromatic N) is 3. The number of benzene rings is 1. The molecule has 0 aliphatic rings. The van der Waals surface area contributed by atoms with Crippen molar-refractivity contribution < 1.29 is 4.39 Å². The lowest BCUT2D eigenvalue weighted by atomic mass is 10.2. The van der Waals surface area contributed by atoms with Crippen LogP contribution in [0, 0.1) is 12.7 Å². The standard InChI is InChI=1S/C15H13ClFN3/c1-9-15(18-2)13-8-10-11(17)4-3-5-12(10)20(13)14(19-9)6-7-16/h3-5,8H,2,6-7H2,1H3. The van der Waals surface area contributed by atoms with Crippen LogP contribution in [0.4, 0.5) is 10.1 Å². The van der Waals surface area contributed by atoms with Crippen molar-refractivity contribution in [3.63, 3.8) is 0 Å². The summed E-state index contributed by atoms with van der Waals surface area (Å²) in [7, 11) is 0. The van der Waals surface area contributed by atoms with E-state index in [9.17, 15) is 4.39 Å². The molecule has 2 heterocycles. The topological polar surface area (TPSA) is 29.7 Å². The van der Waals surface area contributed by atoms with Gasteiger partial charge in [-0.1, -0.05) is 6.07 Å². The van der Waals surface area contributed by atoms with Gasteiger partial charge in [-0.3, -0.25) is 9.39 Å². The molecule has 0 aliphatic heterocycles. The molecule has 3 nitrogen and oxygen atoms in total. The van der Waals surface area contributed by atoms with E-state index in [4.69, 9.17) is 11.6 Å². The molecule has 3 aromatic rings. The van der Waals surface area contributed by atoms with Gasteiger partial charge in [0.2, 0.25) is 0 Å². The number of hydrogen-bond donors (Lipinski definition) is 0. The van der Waals surface area contributed by atoms with Gasteiger partial charge in [-0.05, 0) is 31.8 Å². The van der Waals surface area contributed by atoms with Crippen LogP contribution in [0.5, 0.6) is 0 Å². The lowest BCUT2D eigenvalue weighted by Gasteiger charge is -2.09. The molecule has 0 radical (unpaired) electrons. The molecule has 0 amide bonds. The first kappa shape index (κ1) is 13.1. The van der Waals surface area contributed by atoms with Crippen molar-refractivity contribution in [3.05, 3.63) is 41.6 Å². The highest BCUT2D eigenvalue weighted by atomic mass is 35.5. The third kappa shape index (κ3) is 1.79. The summed E-state index contributed by atoms with van der Waals surface area (Å²) in [5.74, 6) is 1.01. The molecular weight excluding hydrogens is 277 g/mol. The highest BCUT2D eigenvalue weighted by molar-refractivity contribution is 6.18. The van der Waals surface area contributed by atoms with Gasteiger partial charge in [-0.25, -0.2) is 9.37 Å². The fraction of sp³-hybridized carbons (Fsp3) is 0.200. The Morgan fingerprint density at radius 2 is 2.20 bits per heavy atom. The molecule has 0 N–H and O–H groups in total. The maximum atomic E-state index is 14.0. The van der Waals surface area contributed by atoms with Crippen LogP contribution in [-0.4, -0.2) is 22.0 Å². The molecule has 0 aliphatic carbocycles. The second kappa shape index (κ2) is 4.87. The Labute approximate surface area is 120 Å². The Bertz CT molecular complexity index is 823. The van der Waals surface area contributed by atoms with Crippen LogP contribution in [0.25, 0.3) is 16.4 Å². The predicted molar refractivity (Wildman–Crippen MR) is 81.0 cm³/mol. The number of rotatable bonds is 3. The normalized spacial score (nSPS) is 11.3. The molecule has 0 fully saturated rings. The fourth-order valence-corrected chi connectivity index (χ4v) is 2.75. The molecular formula is C15H13ClFN3. The molecule has 0 atom stereocenters. The van der Waals surface area contributed by atoms with E-state index in [1.165, 1.54) is 6.07 Å². The van der Waals surface area contributed by atoms with E-state index >= 15 is 0 Å². The molecule has 0 spiro atoms. The summed E-state index contributed by atoms with van der Waals surface area (Å²) < 4.78 is 15.9. The van der Waals surface area contributed by atoms with Crippen molar-refractivity contribution in [3.8, 4) is 0 Å². The van der Waals surface area contributed by atoms with Gasteiger partial charge in [-0.2, -0.15) is 0 Å². The second-order valence-electron chi connectivity index (χ2n) is 4.60. The van der Waals surface area contributed by atoms with Gasteiger partial charge >= 0.3 is 0 Å². The Hall–Kier alpha value is -1.94. The van der Waals surface area contributed by atoms with Crippen molar-refractivity contribution in [2.75, 3.05) is 5.88 Å². The number of aromatic nitrogens is 2. The Morgan fingerprint density at radius 3 is 2.90 bits per heavy atom. The summed E-state index contributed by atoms with van der Waals surface area (Å²) >= 11 is 5.85. The van der Waals surface area contributed by atoms with Crippen LogP contribution >= 0.6 is 11.6 Å². The second-order valence-corrected chi connectivity index (χ2v) is 4.97. The number of fused-ring (bicyclic) bond motifs is 3. The highest BCUT2D eigenvalue weighted by Gasteiger charge is 2.15. The van der Waals surface area contributed by atoms with Crippen molar-refractivity contribution in [2.45, 2.75) is 13.3 Å². The highest BCUT2D eigenvalue weighted by Crippen LogP contribution is 2.31. The van der Waals surface area contributed by atoms with E-state index < -0.39 is 0 Å². The molecule has 20 heavy (non-hydrogen) atoms. The maximum absolute atomic E-state index is 14.0. The van der Waals surface area contributed by atoms with Crippen LogP contribution in [0.2, 0.25) is 0 Å². The van der Waals surface area contributed by atoms with E-state index in [-0.39, 0.29) is 5.82 Å². The summed E-state index contributed by atoms with van der Waals surface area (Å²) in [4.78, 5) is 8.57. The molecule has 102 valence electrons. The Balaban J connectivity index is 2.54. The van der Waals surface area contributed by atoms with E-state index in [0.29, 0.717) is 23.4 Å². The van der Waals surface area contributed by atoms with Crippen LogP contribution in [0.3, 0.4) is 0 Å². The first-order valence-electron chi connectivity index (χ1n) is 6.29. The van der Waals surface area contributed by atoms with Gasteiger partial charge < -0.3 is 0 Å². The summed E-state index contributed by atoms with van der Waals surface area (Å²) in [6.07, 6.45) is 0.608. The van der Waals surface area contributed by atoms with Crippen LogP contribution < -0.4 is 0 Å². The van der Waals surface area contributed by atoms with Crippen molar-refractivity contribution >= 4 is 40.4 Å². The van der Waals surface area contributed by atoms with Gasteiger partial charge in [-0.15, -0.1) is 11.6 Å². The van der Waals surface area contributed by atoms with E-state index in [1.807, 2.05) is 17.4 Å². The monoisotopic (exact) mass is 289 g/mol. The lowest BCUT2D eigenvalue weighted by Crippen LogP contribution is -2.04. The average molecular weight is 290 g/mol. The average Bonchev–Trinajstić information content (AvgIpc) is 2.80. The summed E-state index contributed by atoms with van der Waals surface area (Å²) in [6, 6.07) is 6.80. The van der Waals surface area contributed by atoms with Gasteiger partial charge in [0, 0.05) is 17.7 Å². The van der Waals surface area contributed by atoms with Gasteiger partial charge in [0.25, 0.3) is 0 Å². The van der Waals surface area contributed by atoms with Gasteiger partial charge in [0.1, 0.15) is 17.3 Å². The fourth-order valence-electron chi connectivity index (χ4n) is 2.58. The van der Waals surface area contributed by atoms with Crippen molar-refractivity contribution in [1.82, 2.24) is 9.38 Å². The molecule has 0 saturated carbocycles. The maximum Gasteiger partial charge on any atom is 0.132 e. The van der Waals surface area contributed by atoms with Crippen molar-refractivity contribution in [2.24, 2.45) is 4.99 Å². The zero-order chi connectivity index (χ0) is 14.3. The summed E-state index contributed by atoms with van der Waals surface area (Å²) in [5, 5.41) is 0.556. The minimum Gasteiger partial charge on any atom is -0.295 e. The predicted octanol–water partition coefficient (Wildman–Crippen LogP) is 4.05. The molecule has 3 rings (SSSR count). The van der Waals surface area contributed by atoms with Gasteiger partial charge in [0.05, 0.1) is 16.7 Å². The zero-order valence-electron chi connectivity index (χ0n) is 11.0. The molecule has 2 aromatic heterocycles. The minimum atomic E-state index is -0.254. The van der Waals surface area contributed by atoms with Gasteiger partial charge in [0.15, 0.2) is 0 Å². The minimum absolute atomic E-state index is 0.254. The number of hydrogen-bond acceptors (Lipinski definition) is 2. The SMILES string of the molecule is C=Nc1c(C)nc(CCCl)n2c1cc1c(F)cccc12. The molecule has 0 saturated heterocycles.